The molecule has 2 aromatic carbocycles. The number of carbonyl (C=O) groups is 1. The van der Waals surface area contributed by atoms with Gasteiger partial charge in [0.1, 0.15) is 5.75 Å². The van der Waals surface area contributed by atoms with Crippen LogP contribution in [0.1, 0.15) is 0 Å². The minimum absolute atomic E-state index is 0.169. The van der Waals surface area contributed by atoms with Crippen LogP contribution in [0.5, 0.6) is 5.75 Å². The smallest absolute Gasteiger partial charge is 0.497 e. The number of hydrogen-bond donors (Lipinski definition) is 1. The summed E-state index contributed by atoms with van der Waals surface area (Å²) in [5.74, 6) is 0.715. The van der Waals surface area contributed by atoms with Crippen molar-refractivity contribution in [3.05, 3.63) is 54.6 Å². The number of nitrogens with one attached hydrogen (secondary N) is 1. The van der Waals surface area contributed by atoms with E-state index in [1.807, 2.05) is 30.3 Å². The number of amides is 2. The van der Waals surface area contributed by atoms with Crippen molar-refractivity contribution in [3.8, 4) is 5.75 Å². The molecule has 2 aromatic rings. The van der Waals surface area contributed by atoms with Crippen LogP contribution in [-0.4, -0.2) is 49.4 Å². The summed E-state index contributed by atoms with van der Waals surface area (Å²) in [5, 5.41) is 2.87. The van der Waals surface area contributed by atoms with Gasteiger partial charge < -0.3 is 23.3 Å². The molecule has 0 fully saturated rings. The largest absolute Gasteiger partial charge is 0.521 e. The molecule has 8 heteroatoms. The second-order valence-corrected chi connectivity index (χ2v) is 8.28. The summed E-state index contributed by atoms with van der Waals surface area (Å²) < 4.78 is 21.6. The molecule has 2 amide bonds. The highest BCUT2D eigenvalue weighted by Crippen LogP contribution is 2.21. The van der Waals surface area contributed by atoms with Crippen LogP contribution in [0, 0.1) is 0 Å². The van der Waals surface area contributed by atoms with Crippen LogP contribution >= 0.6 is 0 Å². The number of hydrogen-bond acceptors (Lipinski definition) is 5. The minimum Gasteiger partial charge on any atom is -0.497 e. The second-order valence-electron chi connectivity index (χ2n) is 5.38. The first-order valence-corrected chi connectivity index (χ1v) is 9.93. The molecule has 0 spiro atoms. The Bertz CT molecular complexity index is 684. The third-order valence-corrected chi connectivity index (χ3v) is 6.51. The van der Waals surface area contributed by atoms with E-state index in [-0.39, 0.29) is 12.2 Å². The van der Waals surface area contributed by atoms with Crippen LogP contribution in [-0.2, 0) is 13.3 Å². The second kappa shape index (κ2) is 9.34. The van der Waals surface area contributed by atoms with Crippen LogP contribution in [0.15, 0.2) is 54.6 Å². The maximum absolute atomic E-state index is 12.9. The highest BCUT2D eigenvalue weighted by Gasteiger charge is 2.42. The SMILES string of the molecule is COc1ccc(NC(=O)N(C[Si](OC)(OC)OC)c2ccccc2)cc1. The Balaban J connectivity index is 2.26. The number of urea groups is 1. The average Bonchev–Trinajstić information content (AvgIpc) is 2.70. The Morgan fingerprint density at radius 1 is 0.923 bits per heavy atom. The number of methoxy groups -OCH3 is 1. The van der Waals surface area contributed by atoms with E-state index in [4.69, 9.17) is 18.0 Å². The molecule has 0 unspecified atom stereocenters. The molecule has 7 nitrogen and oxygen atoms in total. The Kier molecular flexibility index (Phi) is 7.16. The number of nitrogens with zero attached hydrogens (tertiary/aromatic N) is 1. The molecule has 0 heterocycles. The molecule has 0 bridgehead atoms. The Hall–Kier alpha value is -2.39. The predicted octanol–water partition coefficient (Wildman–Crippen LogP) is 3.15. The lowest BCUT2D eigenvalue weighted by Gasteiger charge is -2.31. The summed E-state index contributed by atoms with van der Waals surface area (Å²) >= 11 is 0. The van der Waals surface area contributed by atoms with Crippen molar-refractivity contribution in [2.24, 2.45) is 0 Å². The van der Waals surface area contributed by atoms with E-state index in [0.717, 1.165) is 0 Å². The zero-order valence-corrected chi connectivity index (χ0v) is 16.4. The number of rotatable bonds is 8. The van der Waals surface area contributed by atoms with Gasteiger partial charge in [0, 0.05) is 32.7 Å². The van der Waals surface area contributed by atoms with Crippen molar-refractivity contribution >= 4 is 26.2 Å². The van der Waals surface area contributed by atoms with Crippen LogP contribution in [0.4, 0.5) is 16.2 Å². The van der Waals surface area contributed by atoms with Gasteiger partial charge in [-0.3, -0.25) is 4.90 Å². The van der Waals surface area contributed by atoms with Gasteiger partial charge in [0.25, 0.3) is 0 Å². The fourth-order valence-electron chi connectivity index (χ4n) is 2.39. The van der Waals surface area contributed by atoms with E-state index in [2.05, 4.69) is 5.32 Å². The van der Waals surface area contributed by atoms with Crippen molar-refractivity contribution in [3.63, 3.8) is 0 Å². The molecule has 26 heavy (non-hydrogen) atoms. The Morgan fingerprint density at radius 3 is 2.00 bits per heavy atom. The number of para-hydroxylation sites is 1. The molecule has 0 saturated carbocycles. The van der Waals surface area contributed by atoms with Gasteiger partial charge in [-0.15, -0.1) is 0 Å². The first kappa shape index (κ1) is 19.9. The molecule has 0 radical (unpaired) electrons. The number of ether oxygens (including phenoxy) is 1. The summed E-state index contributed by atoms with van der Waals surface area (Å²) in [6.07, 6.45) is 0.169. The first-order valence-electron chi connectivity index (χ1n) is 8.00. The fourth-order valence-corrected chi connectivity index (χ4v) is 3.99. The van der Waals surface area contributed by atoms with Crippen molar-refractivity contribution in [1.82, 2.24) is 0 Å². The van der Waals surface area contributed by atoms with E-state index in [0.29, 0.717) is 17.1 Å². The summed E-state index contributed by atoms with van der Waals surface area (Å²) in [7, 11) is 3.13. The lowest BCUT2D eigenvalue weighted by Crippen LogP contribution is -2.55. The van der Waals surface area contributed by atoms with E-state index in [9.17, 15) is 4.79 Å². The van der Waals surface area contributed by atoms with Crippen LogP contribution < -0.4 is 15.0 Å². The zero-order valence-electron chi connectivity index (χ0n) is 15.4. The van der Waals surface area contributed by atoms with Crippen molar-refractivity contribution in [2.45, 2.75) is 0 Å². The van der Waals surface area contributed by atoms with Gasteiger partial charge in [-0.05, 0) is 36.4 Å². The zero-order chi connectivity index (χ0) is 19.0. The summed E-state index contributed by atoms with van der Waals surface area (Å²) in [4.78, 5) is 14.5. The van der Waals surface area contributed by atoms with Gasteiger partial charge in [-0.1, -0.05) is 18.2 Å². The van der Waals surface area contributed by atoms with Gasteiger partial charge in [0.15, 0.2) is 0 Å². The fraction of sp³-hybridized carbons (Fsp3) is 0.278. The maximum Gasteiger partial charge on any atom is 0.521 e. The predicted molar refractivity (Wildman–Crippen MR) is 103 cm³/mol. The standard InChI is InChI=1S/C18H24N2O5Si/c1-22-17-12-10-15(11-13-17)19-18(21)20(16-8-6-5-7-9-16)14-26(23-2,24-3)25-4/h5-13H,14H2,1-4H3,(H,19,21). The Morgan fingerprint density at radius 2 is 1.50 bits per heavy atom. The van der Waals surface area contributed by atoms with Gasteiger partial charge in [0.05, 0.1) is 13.3 Å². The molecule has 0 aliphatic rings. The molecule has 0 aliphatic heterocycles. The highest BCUT2D eigenvalue weighted by atomic mass is 28.4. The molecular weight excluding hydrogens is 352 g/mol. The molecule has 2 rings (SSSR count). The van der Waals surface area contributed by atoms with E-state index in [1.54, 1.807) is 36.3 Å². The Labute approximate surface area is 154 Å². The van der Waals surface area contributed by atoms with Crippen LogP contribution in [0.25, 0.3) is 0 Å². The lowest BCUT2D eigenvalue weighted by atomic mass is 10.3. The van der Waals surface area contributed by atoms with Gasteiger partial charge in [-0.2, -0.15) is 0 Å². The quantitative estimate of drug-likeness (QED) is 0.717. The molecule has 140 valence electrons. The van der Waals surface area contributed by atoms with Crippen molar-refractivity contribution in [1.29, 1.82) is 0 Å². The van der Waals surface area contributed by atoms with Crippen LogP contribution in [0.3, 0.4) is 0 Å². The van der Waals surface area contributed by atoms with E-state index in [1.165, 1.54) is 21.3 Å². The van der Waals surface area contributed by atoms with E-state index < -0.39 is 8.80 Å². The molecule has 0 aromatic heterocycles. The third-order valence-electron chi connectivity index (χ3n) is 3.94. The number of anilines is 2. The minimum atomic E-state index is -3.01. The third kappa shape index (κ3) is 4.83. The van der Waals surface area contributed by atoms with E-state index >= 15 is 0 Å². The molecule has 0 aliphatic carbocycles. The molecule has 1 N–H and O–H groups in total. The summed E-state index contributed by atoms with van der Waals surface area (Å²) in [5.41, 5.74) is 1.36. The van der Waals surface area contributed by atoms with Crippen molar-refractivity contribution in [2.75, 3.05) is 44.8 Å². The van der Waals surface area contributed by atoms with Crippen LogP contribution in [0.2, 0.25) is 0 Å². The summed E-state index contributed by atoms with van der Waals surface area (Å²) in [6.45, 7) is 0. The van der Waals surface area contributed by atoms with Gasteiger partial charge in [0.2, 0.25) is 0 Å². The maximum atomic E-state index is 12.9. The first-order chi connectivity index (χ1) is 12.6. The number of benzene rings is 2. The monoisotopic (exact) mass is 376 g/mol. The normalized spacial score (nSPS) is 11.1. The highest BCUT2D eigenvalue weighted by molar-refractivity contribution is 6.61. The lowest BCUT2D eigenvalue weighted by molar-refractivity contribution is 0.125. The van der Waals surface area contributed by atoms with Gasteiger partial charge in [-0.25, -0.2) is 4.79 Å². The van der Waals surface area contributed by atoms with Gasteiger partial charge >= 0.3 is 14.8 Å². The average molecular weight is 376 g/mol. The topological polar surface area (TPSA) is 69.3 Å². The molecule has 0 atom stereocenters. The number of carbonyl (C=O) groups excluding carboxylic acids is 1. The van der Waals surface area contributed by atoms with Crippen molar-refractivity contribution < 1.29 is 22.8 Å². The molecule has 0 saturated heterocycles. The summed E-state index contributed by atoms with van der Waals surface area (Å²) in [6, 6.07) is 16.1. The molecular formula is C18H24N2O5Si.